The van der Waals surface area contributed by atoms with Gasteiger partial charge in [-0.25, -0.2) is 4.79 Å². The van der Waals surface area contributed by atoms with Gasteiger partial charge in [0.1, 0.15) is 12.4 Å². The first kappa shape index (κ1) is 22.5. The number of nitrogens with zero attached hydrogens (tertiary/aromatic N) is 2. The third-order valence-electron chi connectivity index (χ3n) is 5.35. The van der Waals surface area contributed by atoms with Crippen LogP contribution in [0, 0.1) is 11.3 Å². The molecule has 1 aliphatic rings. The lowest BCUT2D eigenvalue weighted by Gasteiger charge is -2.26. The van der Waals surface area contributed by atoms with Crippen molar-refractivity contribution in [2.45, 2.75) is 25.9 Å². The van der Waals surface area contributed by atoms with Gasteiger partial charge in [-0.2, -0.15) is 5.26 Å². The zero-order valence-electron chi connectivity index (χ0n) is 17.8. The van der Waals surface area contributed by atoms with Gasteiger partial charge in [0.15, 0.2) is 6.10 Å². The summed E-state index contributed by atoms with van der Waals surface area (Å²) in [6.07, 6.45) is 2.62. The maximum Gasteiger partial charge on any atom is 0.333 e. The van der Waals surface area contributed by atoms with Crippen LogP contribution in [0.5, 0.6) is 5.75 Å². The number of hydrogen-bond acceptors (Lipinski definition) is 5. The molecule has 0 saturated heterocycles. The molecule has 31 heavy (non-hydrogen) atoms. The highest BCUT2D eigenvalue weighted by atomic mass is 16.5. The topological polar surface area (TPSA) is 82.8 Å². The molecule has 6 nitrogen and oxygen atoms in total. The van der Waals surface area contributed by atoms with Crippen molar-refractivity contribution in [2.24, 2.45) is 0 Å². The maximum absolute atomic E-state index is 11.2. The molecule has 6 heteroatoms. The summed E-state index contributed by atoms with van der Waals surface area (Å²) in [5.74, 6) is -0.180. The Hall–Kier alpha value is -3.14. The Kier molecular flexibility index (Phi) is 8.22. The van der Waals surface area contributed by atoms with E-state index in [0.29, 0.717) is 19.6 Å². The van der Waals surface area contributed by atoms with Crippen molar-refractivity contribution in [3.63, 3.8) is 0 Å². The average molecular weight is 421 g/mol. The number of carboxylic acid groups (broad SMARTS) is 1. The summed E-state index contributed by atoms with van der Waals surface area (Å²) in [5, 5.41) is 18.5. The minimum Gasteiger partial charge on any atom is -0.492 e. The fourth-order valence-electron chi connectivity index (χ4n) is 3.67. The zero-order valence-corrected chi connectivity index (χ0v) is 17.8. The predicted octanol–water partition coefficient (Wildman–Crippen LogP) is 3.76. The molecule has 0 fully saturated rings. The van der Waals surface area contributed by atoms with Crippen LogP contribution in [-0.2, 0) is 16.0 Å². The van der Waals surface area contributed by atoms with E-state index in [0.717, 1.165) is 48.5 Å². The van der Waals surface area contributed by atoms with Gasteiger partial charge < -0.3 is 14.6 Å². The van der Waals surface area contributed by atoms with Gasteiger partial charge in [0.05, 0.1) is 11.6 Å². The Labute approximate surface area is 183 Å². The molecule has 162 valence electrons. The van der Waals surface area contributed by atoms with E-state index in [1.165, 1.54) is 5.57 Å². The number of rotatable bonds is 10. The standard InChI is InChI=1S/C25H28N2O4/c1-2-30-24(25(28)29)17-19-7-9-22(10-8-19)31-16-15-27-13-11-20(12-14-27)23-6-4-3-5-21(23)18-26/h3-11,24H,2,12-17H2,1H3,(H,28,29). The van der Waals surface area contributed by atoms with E-state index in [2.05, 4.69) is 17.0 Å². The Morgan fingerprint density at radius 3 is 2.65 bits per heavy atom. The number of aliphatic carboxylic acids is 1. The molecule has 1 heterocycles. The molecular formula is C25H28N2O4. The fraction of sp³-hybridized carbons (Fsp3) is 0.360. The first-order valence-corrected chi connectivity index (χ1v) is 10.6. The van der Waals surface area contributed by atoms with Crippen LogP contribution in [0.15, 0.2) is 54.6 Å². The van der Waals surface area contributed by atoms with Crippen LogP contribution in [-0.4, -0.2) is 54.9 Å². The van der Waals surface area contributed by atoms with Crippen molar-refractivity contribution in [1.82, 2.24) is 4.90 Å². The molecule has 2 aromatic rings. The van der Waals surface area contributed by atoms with E-state index in [1.54, 1.807) is 6.92 Å². The Bertz CT molecular complexity index is 947. The number of hydrogen-bond donors (Lipinski definition) is 1. The van der Waals surface area contributed by atoms with Crippen LogP contribution >= 0.6 is 0 Å². The molecule has 1 N–H and O–H groups in total. The summed E-state index contributed by atoms with van der Waals surface area (Å²) in [4.78, 5) is 13.5. The third-order valence-corrected chi connectivity index (χ3v) is 5.35. The summed E-state index contributed by atoms with van der Waals surface area (Å²) in [6, 6.07) is 17.5. The van der Waals surface area contributed by atoms with Crippen molar-refractivity contribution in [3.05, 3.63) is 71.3 Å². The van der Waals surface area contributed by atoms with E-state index >= 15 is 0 Å². The lowest BCUT2D eigenvalue weighted by Crippen LogP contribution is -2.32. The molecule has 3 rings (SSSR count). The average Bonchev–Trinajstić information content (AvgIpc) is 2.80. The van der Waals surface area contributed by atoms with Crippen LogP contribution in [0.3, 0.4) is 0 Å². The van der Waals surface area contributed by atoms with Crippen LogP contribution in [0.2, 0.25) is 0 Å². The SMILES string of the molecule is CCOC(Cc1ccc(OCCN2CC=C(c3ccccc3C#N)CC2)cc1)C(=O)O. The molecule has 1 aliphatic heterocycles. The first-order chi connectivity index (χ1) is 15.1. The minimum atomic E-state index is -0.947. The van der Waals surface area contributed by atoms with Crippen LogP contribution in [0.1, 0.15) is 30.0 Å². The molecular weight excluding hydrogens is 392 g/mol. The van der Waals surface area contributed by atoms with E-state index in [1.807, 2.05) is 48.5 Å². The molecule has 0 saturated carbocycles. The van der Waals surface area contributed by atoms with Crippen molar-refractivity contribution >= 4 is 11.5 Å². The highest BCUT2D eigenvalue weighted by Gasteiger charge is 2.18. The van der Waals surface area contributed by atoms with Gasteiger partial charge in [0, 0.05) is 32.7 Å². The highest BCUT2D eigenvalue weighted by Crippen LogP contribution is 2.25. The van der Waals surface area contributed by atoms with Gasteiger partial charge in [-0.15, -0.1) is 0 Å². The summed E-state index contributed by atoms with van der Waals surface area (Å²) >= 11 is 0. The van der Waals surface area contributed by atoms with Crippen LogP contribution in [0.4, 0.5) is 0 Å². The molecule has 2 aromatic carbocycles. The Morgan fingerprint density at radius 2 is 2.00 bits per heavy atom. The van der Waals surface area contributed by atoms with Gasteiger partial charge in [-0.3, -0.25) is 4.90 Å². The highest BCUT2D eigenvalue weighted by molar-refractivity contribution is 5.73. The number of nitriles is 1. The third kappa shape index (κ3) is 6.42. The molecule has 0 aliphatic carbocycles. The monoisotopic (exact) mass is 420 g/mol. The van der Waals surface area contributed by atoms with Crippen molar-refractivity contribution in [1.29, 1.82) is 5.26 Å². The van der Waals surface area contributed by atoms with Gasteiger partial charge in [0.25, 0.3) is 0 Å². The summed E-state index contributed by atoms with van der Waals surface area (Å²) in [6.45, 7) is 5.32. The molecule has 1 unspecified atom stereocenters. The zero-order chi connectivity index (χ0) is 22.1. The van der Waals surface area contributed by atoms with Crippen molar-refractivity contribution in [2.75, 3.05) is 32.8 Å². The number of benzene rings is 2. The lowest BCUT2D eigenvalue weighted by atomic mass is 9.95. The molecule has 0 bridgehead atoms. The summed E-state index contributed by atoms with van der Waals surface area (Å²) in [7, 11) is 0. The largest absolute Gasteiger partial charge is 0.492 e. The molecule has 0 radical (unpaired) electrons. The lowest BCUT2D eigenvalue weighted by molar-refractivity contribution is -0.149. The van der Waals surface area contributed by atoms with Crippen molar-refractivity contribution < 1.29 is 19.4 Å². The number of carbonyl (C=O) groups is 1. The second kappa shape index (κ2) is 11.3. The van der Waals surface area contributed by atoms with Crippen molar-refractivity contribution in [3.8, 4) is 11.8 Å². The normalized spacial score (nSPS) is 15.0. The van der Waals surface area contributed by atoms with E-state index < -0.39 is 12.1 Å². The fourth-order valence-corrected chi connectivity index (χ4v) is 3.67. The smallest absolute Gasteiger partial charge is 0.333 e. The maximum atomic E-state index is 11.2. The van der Waals surface area contributed by atoms with Gasteiger partial charge >= 0.3 is 5.97 Å². The summed E-state index contributed by atoms with van der Waals surface area (Å²) in [5.41, 5.74) is 3.90. The van der Waals surface area contributed by atoms with E-state index in [4.69, 9.17) is 9.47 Å². The summed E-state index contributed by atoms with van der Waals surface area (Å²) < 4.78 is 11.1. The molecule has 0 spiro atoms. The van der Waals surface area contributed by atoms with E-state index in [9.17, 15) is 15.2 Å². The second-order valence-electron chi connectivity index (χ2n) is 7.42. The van der Waals surface area contributed by atoms with Gasteiger partial charge in [0.2, 0.25) is 0 Å². The van der Waals surface area contributed by atoms with Gasteiger partial charge in [-0.05, 0) is 48.2 Å². The van der Waals surface area contributed by atoms with E-state index in [-0.39, 0.29) is 0 Å². The Morgan fingerprint density at radius 1 is 1.23 bits per heavy atom. The van der Waals surface area contributed by atoms with Crippen LogP contribution in [0.25, 0.3) is 5.57 Å². The predicted molar refractivity (Wildman–Crippen MR) is 119 cm³/mol. The molecule has 0 aromatic heterocycles. The number of carboxylic acids is 1. The Balaban J connectivity index is 1.45. The first-order valence-electron chi connectivity index (χ1n) is 10.6. The minimum absolute atomic E-state index is 0.334. The van der Waals surface area contributed by atoms with Crippen LogP contribution < -0.4 is 4.74 Å². The quantitative estimate of drug-likeness (QED) is 0.630. The molecule has 1 atom stereocenters. The molecule has 0 amide bonds. The second-order valence-corrected chi connectivity index (χ2v) is 7.42. The van der Waals surface area contributed by atoms with Gasteiger partial charge in [-0.1, -0.05) is 36.4 Å². The number of ether oxygens (including phenoxy) is 2.